The van der Waals surface area contributed by atoms with Gasteiger partial charge in [0, 0.05) is 24.6 Å². The minimum atomic E-state index is 0.0944. The third-order valence-corrected chi connectivity index (χ3v) is 4.76. The molecule has 1 fully saturated rings. The molecule has 1 amide bonds. The molecular formula is C18H23NO2. The van der Waals surface area contributed by atoms with E-state index in [-0.39, 0.29) is 17.7 Å². The number of rotatable bonds is 3. The van der Waals surface area contributed by atoms with E-state index in [1.54, 1.807) is 6.92 Å². The molecule has 0 saturated carbocycles. The van der Waals surface area contributed by atoms with Gasteiger partial charge in [-0.05, 0) is 68.7 Å². The number of carbonyl (C=O) groups is 2. The zero-order valence-electron chi connectivity index (χ0n) is 12.7. The summed E-state index contributed by atoms with van der Waals surface area (Å²) in [5.41, 5.74) is 3.53. The number of amides is 1. The molecule has 1 aliphatic carbocycles. The highest BCUT2D eigenvalue weighted by molar-refractivity contribution is 5.95. The molecule has 0 N–H and O–H groups in total. The Morgan fingerprint density at radius 3 is 2.76 bits per heavy atom. The van der Waals surface area contributed by atoms with Crippen LogP contribution in [0.5, 0.6) is 0 Å². The van der Waals surface area contributed by atoms with Gasteiger partial charge >= 0.3 is 0 Å². The Bertz CT molecular complexity index is 564. The second kappa shape index (κ2) is 6.00. The van der Waals surface area contributed by atoms with E-state index >= 15 is 0 Å². The third kappa shape index (κ3) is 3.02. The van der Waals surface area contributed by atoms with Gasteiger partial charge in [-0.25, -0.2) is 0 Å². The Morgan fingerprint density at radius 1 is 1.14 bits per heavy atom. The Kier molecular flexibility index (Phi) is 4.09. The van der Waals surface area contributed by atoms with Crippen LogP contribution in [0.2, 0.25) is 0 Å². The lowest BCUT2D eigenvalue weighted by molar-refractivity contribution is -0.118. The van der Waals surface area contributed by atoms with Crippen LogP contribution in [0.3, 0.4) is 0 Å². The molecule has 1 aromatic rings. The van der Waals surface area contributed by atoms with Gasteiger partial charge in [0.25, 0.3) is 5.91 Å². The van der Waals surface area contributed by atoms with E-state index in [4.69, 9.17) is 0 Å². The molecule has 1 aliphatic heterocycles. The zero-order chi connectivity index (χ0) is 14.8. The van der Waals surface area contributed by atoms with Crippen LogP contribution in [0, 0.1) is 0 Å². The molecule has 3 rings (SSSR count). The van der Waals surface area contributed by atoms with Crippen molar-refractivity contribution in [1.82, 2.24) is 4.90 Å². The van der Waals surface area contributed by atoms with Crippen LogP contribution < -0.4 is 0 Å². The lowest BCUT2D eigenvalue weighted by atomic mass is 9.96. The van der Waals surface area contributed by atoms with Crippen LogP contribution in [0.25, 0.3) is 0 Å². The number of ketones is 1. The predicted octanol–water partition coefficient (Wildman–Crippen LogP) is 3.15. The second-order valence-electron chi connectivity index (χ2n) is 6.39. The van der Waals surface area contributed by atoms with Crippen molar-refractivity contribution in [3.63, 3.8) is 0 Å². The first-order valence-corrected chi connectivity index (χ1v) is 8.07. The van der Waals surface area contributed by atoms with Gasteiger partial charge in [0.1, 0.15) is 5.78 Å². The van der Waals surface area contributed by atoms with E-state index in [2.05, 4.69) is 12.1 Å². The Labute approximate surface area is 126 Å². The number of hydrogen-bond acceptors (Lipinski definition) is 2. The van der Waals surface area contributed by atoms with Gasteiger partial charge in [-0.15, -0.1) is 0 Å². The number of carbonyl (C=O) groups excluding carboxylic acids is 2. The van der Waals surface area contributed by atoms with Crippen LogP contribution in [-0.2, 0) is 17.6 Å². The number of nitrogens with zero attached hydrogens (tertiary/aromatic N) is 1. The van der Waals surface area contributed by atoms with Crippen molar-refractivity contribution in [1.29, 1.82) is 0 Å². The van der Waals surface area contributed by atoms with Crippen molar-refractivity contribution >= 4 is 11.7 Å². The van der Waals surface area contributed by atoms with E-state index in [9.17, 15) is 9.59 Å². The average Bonchev–Trinajstić information content (AvgIpc) is 2.94. The fourth-order valence-corrected chi connectivity index (χ4v) is 3.68. The summed E-state index contributed by atoms with van der Waals surface area (Å²) in [6.45, 7) is 2.40. The number of piperidine rings is 1. The molecule has 0 aromatic heterocycles. The minimum Gasteiger partial charge on any atom is -0.335 e. The second-order valence-corrected chi connectivity index (χ2v) is 6.39. The van der Waals surface area contributed by atoms with Crippen molar-refractivity contribution < 1.29 is 9.59 Å². The molecule has 112 valence electrons. The fraction of sp³-hybridized carbons (Fsp3) is 0.556. The van der Waals surface area contributed by atoms with Gasteiger partial charge in [0.15, 0.2) is 0 Å². The maximum Gasteiger partial charge on any atom is 0.254 e. The zero-order valence-corrected chi connectivity index (χ0v) is 12.7. The first-order chi connectivity index (χ1) is 10.1. The van der Waals surface area contributed by atoms with Gasteiger partial charge in [0.05, 0.1) is 0 Å². The SMILES string of the molecule is CC(=O)CC1CCCCN1C(=O)c1ccc2c(c1)CCC2. The third-order valence-electron chi connectivity index (χ3n) is 4.76. The van der Waals surface area contributed by atoms with Crippen molar-refractivity contribution in [2.24, 2.45) is 0 Å². The van der Waals surface area contributed by atoms with Gasteiger partial charge in [-0.1, -0.05) is 6.07 Å². The molecule has 1 heterocycles. The molecule has 3 nitrogen and oxygen atoms in total. The van der Waals surface area contributed by atoms with Crippen molar-refractivity contribution in [2.75, 3.05) is 6.54 Å². The summed E-state index contributed by atoms with van der Waals surface area (Å²) in [4.78, 5) is 26.2. The largest absolute Gasteiger partial charge is 0.335 e. The van der Waals surface area contributed by atoms with Crippen LogP contribution in [0.1, 0.15) is 60.5 Å². The van der Waals surface area contributed by atoms with Crippen molar-refractivity contribution in [3.8, 4) is 0 Å². The van der Waals surface area contributed by atoms with E-state index in [0.717, 1.165) is 44.2 Å². The van der Waals surface area contributed by atoms with Gasteiger partial charge in [-0.2, -0.15) is 0 Å². The highest BCUT2D eigenvalue weighted by atomic mass is 16.2. The Balaban J connectivity index is 1.80. The maximum atomic E-state index is 12.8. The standard InChI is InChI=1S/C18H23NO2/c1-13(20)11-17-7-2-3-10-19(17)18(21)16-9-8-14-5-4-6-15(14)12-16/h8-9,12,17H,2-7,10-11H2,1H3. The Morgan fingerprint density at radius 2 is 1.95 bits per heavy atom. The quantitative estimate of drug-likeness (QED) is 0.855. The van der Waals surface area contributed by atoms with E-state index < -0.39 is 0 Å². The first kappa shape index (κ1) is 14.3. The smallest absolute Gasteiger partial charge is 0.254 e. The van der Waals surface area contributed by atoms with Crippen LogP contribution in [0.15, 0.2) is 18.2 Å². The summed E-state index contributed by atoms with van der Waals surface area (Å²) in [5, 5.41) is 0. The average molecular weight is 285 g/mol. The van der Waals surface area contributed by atoms with Crippen LogP contribution in [-0.4, -0.2) is 29.2 Å². The van der Waals surface area contributed by atoms with Crippen molar-refractivity contribution in [2.45, 2.75) is 57.9 Å². The van der Waals surface area contributed by atoms with Gasteiger partial charge in [-0.3, -0.25) is 9.59 Å². The number of aryl methyl sites for hydroxylation is 2. The van der Waals surface area contributed by atoms with Gasteiger partial charge in [0.2, 0.25) is 0 Å². The van der Waals surface area contributed by atoms with Gasteiger partial charge < -0.3 is 4.90 Å². The van der Waals surface area contributed by atoms with E-state index in [0.29, 0.717) is 6.42 Å². The molecule has 0 radical (unpaired) electrons. The number of fused-ring (bicyclic) bond motifs is 1. The number of benzene rings is 1. The number of Topliss-reactive ketones (excluding diaryl/α,β-unsaturated/α-hetero) is 1. The maximum absolute atomic E-state index is 12.8. The molecule has 1 atom stereocenters. The molecule has 1 saturated heterocycles. The predicted molar refractivity (Wildman–Crippen MR) is 82.4 cm³/mol. The summed E-state index contributed by atoms with van der Waals surface area (Å²) in [6.07, 6.45) is 7.04. The highest BCUT2D eigenvalue weighted by Gasteiger charge is 2.28. The van der Waals surface area contributed by atoms with E-state index in [1.165, 1.54) is 17.5 Å². The summed E-state index contributed by atoms with van der Waals surface area (Å²) in [6, 6.07) is 6.24. The van der Waals surface area contributed by atoms with Crippen LogP contribution >= 0.6 is 0 Å². The molecule has 1 unspecified atom stereocenters. The number of likely N-dealkylation sites (tertiary alicyclic amines) is 1. The van der Waals surface area contributed by atoms with Crippen molar-refractivity contribution in [3.05, 3.63) is 34.9 Å². The number of hydrogen-bond donors (Lipinski definition) is 0. The van der Waals surface area contributed by atoms with Crippen LogP contribution in [0.4, 0.5) is 0 Å². The first-order valence-electron chi connectivity index (χ1n) is 8.07. The van der Waals surface area contributed by atoms with E-state index in [1.807, 2.05) is 11.0 Å². The lowest BCUT2D eigenvalue weighted by Gasteiger charge is -2.35. The molecule has 3 heteroatoms. The molecule has 21 heavy (non-hydrogen) atoms. The topological polar surface area (TPSA) is 37.4 Å². The molecule has 1 aromatic carbocycles. The molecule has 2 aliphatic rings. The Hall–Kier alpha value is -1.64. The molecule has 0 spiro atoms. The summed E-state index contributed by atoms with van der Waals surface area (Å²) in [5.74, 6) is 0.282. The summed E-state index contributed by atoms with van der Waals surface area (Å²) < 4.78 is 0. The lowest BCUT2D eigenvalue weighted by Crippen LogP contribution is -2.44. The fourth-order valence-electron chi connectivity index (χ4n) is 3.68. The monoisotopic (exact) mass is 285 g/mol. The minimum absolute atomic E-state index is 0.0944. The summed E-state index contributed by atoms with van der Waals surface area (Å²) in [7, 11) is 0. The highest BCUT2D eigenvalue weighted by Crippen LogP contribution is 2.26. The normalized spacial score (nSPS) is 21.2. The summed E-state index contributed by atoms with van der Waals surface area (Å²) >= 11 is 0. The molecular weight excluding hydrogens is 262 g/mol. The molecule has 0 bridgehead atoms.